The molecule has 0 radical (unpaired) electrons. The summed E-state index contributed by atoms with van der Waals surface area (Å²) in [5.74, 6) is -2.33. The van der Waals surface area contributed by atoms with Gasteiger partial charge in [-0.25, -0.2) is 5.06 Å². The number of carbonyl (C=O) groups excluding carboxylic acids is 2. The zero-order chi connectivity index (χ0) is 21.8. The smallest absolute Gasteiger partial charge is 0.233 e. The van der Waals surface area contributed by atoms with Crippen molar-refractivity contribution in [3.05, 3.63) is 90.5 Å². The largest absolute Gasteiger partial charge is 0.547 e. The van der Waals surface area contributed by atoms with Crippen molar-refractivity contribution in [1.29, 1.82) is 0 Å². The fourth-order valence-corrected chi connectivity index (χ4v) is 3.72. The molecule has 0 aromatic heterocycles. The van der Waals surface area contributed by atoms with Gasteiger partial charge in [-0.15, -0.1) is 0 Å². The highest BCUT2D eigenvalue weighted by Gasteiger charge is 2.49. The van der Waals surface area contributed by atoms with Gasteiger partial charge >= 0.3 is 0 Å². The number of aliphatic carboxylic acids is 1. The van der Waals surface area contributed by atoms with E-state index in [1.807, 2.05) is 48.5 Å². The molecular weight excluding hydrogens is 396 g/mol. The van der Waals surface area contributed by atoms with E-state index in [1.165, 1.54) is 5.06 Å². The molecule has 3 aromatic carbocycles. The maximum atomic E-state index is 13.3. The normalized spacial score (nSPS) is 20.3. The van der Waals surface area contributed by atoms with Crippen LogP contribution in [0.4, 0.5) is 11.4 Å². The van der Waals surface area contributed by atoms with Crippen LogP contribution in [0.3, 0.4) is 0 Å². The molecule has 1 fully saturated rings. The Morgan fingerprint density at radius 1 is 0.935 bits per heavy atom. The van der Waals surface area contributed by atoms with E-state index in [9.17, 15) is 14.7 Å². The lowest BCUT2D eigenvalue weighted by Gasteiger charge is -2.27. The van der Waals surface area contributed by atoms with E-state index in [0.717, 1.165) is 5.56 Å². The number of para-hydroxylation sites is 1. The molecule has 7 heteroatoms. The minimum absolute atomic E-state index is 0.480. The van der Waals surface area contributed by atoms with Gasteiger partial charge in [-0.05, 0) is 42.0 Å². The van der Waals surface area contributed by atoms with E-state index >= 15 is 0 Å². The Labute approximate surface area is 179 Å². The molecule has 1 aliphatic heterocycles. The van der Waals surface area contributed by atoms with Gasteiger partial charge in [0.25, 0.3) is 0 Å². The van der Waals surface area contributed by atoms with Gasteiger partial charge < -0.3 is 20.0 Å². The van der Waals surface area contributed by atoms with Crippen LogP contribution in [0.15, 0.2) is 84.9 Å². The topological polar surface area (TPSA) is 90.9 Å². The highest BCUT2D eigenvalue weighted by molar-refractivity contribution is 5.97. The molecule has 3 atom stereocenters. The Morgan fingerprint density at radius 3 is 2.13 bits per heavy atom. The summed E-state index contributed by atoms with van der Waals surface area (Å²) < 4.78 is 5.14. The van der Waals surface area contributed by atoms with E-state index in [2.05, 4.69) is 5.32 Å². The van der Waals surface area contributed by atoms with Crippen molar-refractivity contribution in [3.63, 3.8) is 0 Å². The number of hydrogen-bond acceptors (Lipinski definition) is 6. The highest BCUT2D eigenvalue weighted by atomic mass is 16.7. The summed E-state index contributed by atoms with van der Waals surface area (Å²) in [6.07, 6.45) is -1.45. The van der Waals surface area contributed by atoms with Gasteiger partial charge in [0, 0.05) is 5.69 Å². The molecule has 0 saturated carbocycles. The predicted molar refractivity (Wildman–Crippen MR) is 113 cm³/mol. The number of rotatable bonds is 6. The lowest BCUT2D eigenvalue weighted by Crippen LogP contribution is -2.44. The highest BCUT2D eigenvalue weighted by Crippen LogP contribution is 2.42. The van der Waals surface area contributed by atoms with Crippen LogP contribution in [0.5, 0.6) is 5.75 Å². The molecule has 0 unspecified atom stereocenters. The monoisotopic (exact) mass is 417 g/mol. The van der Waals surface area contributed by atoms with Gasteiger partial charge in [-0.3, -0.25) is 9.63 Å². The Hall–Kier alpha value is -3.84. The van der Waals surface area contributed by atoms with Gasteiger partial charge in [-0.2, -0.15) is 0 Å². The van der Waals surface area contributed by atoms with Gasteiger partial charge in [-0.1, -0.05) is 48.5 Å². The molecule has 7 nitrogen and oxygen atoms in total. The molecular formula is C24H21N2O5-. The first-order chi connectivity index (χ1) is 15.1. The molecule has 0 bridgehead atoms. The lowest BCUT2D eigenvalue weighted by atomic mass is 9.88. The molecule has 31 heavy (non-hydrogen) atoms. The number of nitrogens with one attached hydrogen (secondary N) is 1. The van der Waals surface area contributed by atoms with Crippen LogP contribution >= 0.6 is 0 Å². The van der Waals surface area contributed by atoms with Gasteiger partial charge in [0.2, 0.25) is 5.91 Å². The number of amides is 1. The molecule has 1 N–H and O–H groups in total. The van der Waals surface area contributed by atoms with Crippen LogP contribution < -0.4 is 20.2 Å². The SMILES string of the molecule is COc1ccc(NC(=O)[C@H]2[C@@H](c3ccccc3)N(c3ccccc3)O[C@H]2C(=O)[O-])cc1. The first kappa shape index (κ1) is 20.4. The third-order valence-corrected chi connectivity index (χ3v) is 5.19. The number of hydroxylamine groups is 1. The number of methoxy groups -OCH3 is 1. The summed E-state index contributed by atoms with van der Waals surface area (Å²) in [5, 5.41) is 16.2. The van der Waals surface area contributed by atoms with Crippen LogP contribution in [0.2, 0.25) is 0 Å². The Bertz CT molecular complexity index is 1040. The fraction of sp³-hybridized carbons (Fsp3) is 0.167. The van der Waals surface area contributed by atoms with Crippen LogP contribution in [-0.2, 0) is 14.4 Å². The number of benzene rings is 3. The number of carboxylic acid groups (broad SMARTS) is 1. The van der Waals surface area contributed by atoms with Crippen molar-refractivity contribution in [2.24, 2.45) is 5.92 Å². The average Bonchev–Trinajstić information content (AvgIpc) is 3.22. The zero-order valence-electron chi connectivity index (χ0n) is 16.8. The summed E-state index contributed by atoms with van der Waals surface area (Å²) >= 11 is 0. The number of anilines is 2. The van der Waals surface area contributed by atoms with Crippen LogP contribution in [-0.4, -0.2) is 25.1 Å². The van der Waals surface area contributed by atoms with Crippen LogP contribution in [0, 0.1) is 5.92 Å². The molecule has 1 aliphatic rings. The molecule has 1 saturated heterocycles. The maximum Gasteiger partial charge on any atom is 0.233 e. The van der Waals surface area contributed by atoms with Gasteiger partial charge in [0.15, 0.2) is 0 Å². The zero-order valence-corrected chi connectivity index (χ0v) is 16.8. The van der Waals surface area contributed by atoms with E-state index < -0.39 is 29.9 Å². The first-order valence-electron chi connectivity index (χ1n) is 9.80. The van der Waals surface area contributed by atoms with E-state index in [1.54, 1.807) is 43.5 Å². The van der Waals surface area contributed by atoms with Gasteiger partial charge in [0.05, 0.1) is 30.7 Å². The average molecular weight is 417 g/mol. The standard InChI is InChI=1S/C24H22N2O5/c1-30-19-14-12-17(13-15-19)25-23(27)20-21(16-8-4-2-5-9-16)26(31-22(20)24(28)29)18-10-6-3-7-11-18/h2-15,20-22H,1H3,(H,25,27)(H,28,29)/p-1/t20-,21+,22+/m0/s1. The van der Waals surface area contributed by atoms with Crippen molar-refractivity contribution in [2.45, 2.75) is 12.1 Å². The molecule has 0 spiro atoms. The number of carboxylic acids is 1. The van der Waals surface area contributed by atoms with Crippen molar-refractivity contribution >= 4 is 23.3 Å². The minimum Gasteiger partial charge on any atom is -0.547 e. The number of carbonyl (C=O) groups is 2. The summed E-state index contributed by atoms with van der Waals surface area (Å²) in [6, 6.07) is 24.4. The maximum absolute atomic E-state index is 13.3. The van der Waals surface area contributed by atoms with E-state index in [0.29, 0.717) is 17.1 Å². The fourth-order valence-electron chi connectivity index (χ4n) is 3.72. The molecule has 0 aliphatic carbocycles. The van der Waals surface area contributed by atoms with Crippen molar-refractivity contribution in [3.8, 4) is 5.75 Å². The van der Waals surface area contributed by atoms with Crippen molar-refractivity contribution < 1.29 is 24.3 Å². The summed E-state index contributed by atoms with van der Waals surface area (Å²) in [6.45, 7) is 0. The third-order valence-electron chi connectivity index (χ3n) is 5.19. The summed E-state index contributed by atoms with van der Waals surface area (Å²) in [4.78, 5) is 31.0. The lowest BCUT2D eigenvalue weighted by molar-refractivity contribution is -0.316. The third kappa shape index (κ3) is 4.22. The van der Waals surface area contributed by atoms with E-state index in [-0.39, 0.29) is 0 Å². The Balaban J connectivity index is 1.72. The second-order valence-corrected chi connectivity index (χ2v) is 7.11. The quantitative estimate of drug-likeness (QED) is 0.663. The number of ether oxygens (including phenoxy) is 1. The van der Waals surface area contributed by atoms with Crippen LogP contribution in [0.25, 0.3) is 0 Å². The van der Waals surface area contributed by atoms with E-state index in [4.69, 9.17) is 9.57 Å². The summed E-state index contributed by atoms with van der Waals surface area (Å²) in [5.41, 5.74) is 1.92. The first-order valence-corrected chi connectivity index (χ1v) is 9.80. The molecule has 1 amide bonds. The molecule has 3 aromatic rings. The van der Waals surface area contributed by atoms with Crippen LogP contribution in [0.1, 0.15) is 11.6 Å². The number of nitrogens with zero attached hydrogens (tertiary/aromatic N) is 1. The Morgan fingerprint density at radius 2 is 1.55 bits per heavy atom. The second kappa shape index (κ2) is 8.89. The number of hydrogen-bond donors (Lipinski definition) is 1. The minimum atomic E-state index is -1.45. The molecule has 4 rings (SSSR count). The summed E-state index contributed by atoms with van der Waals surface area (Å²) in [7, 11) is 1.55. The Kier molecular flexibility index (Phi) is 5.86. The second-order valence-electron chi connectivity index (χ2n) is 7.11. The molecule has 1 heterocycles. The van der Waals surface area contributed by atoms with Crippen molar-refractivity contribution in [1.82, 2.24) is 0 Å². The predicted octanol–water partition coefficient (Wildman–Crippen LogP) is 2.56. The van der Waals surface area contributed by atoms with Crippen molar-refractivity contribution in [2.75, 3.05) is 17.5 Å². The van der Waals surface area contributed by atoms with Gasteiger partial charge in [0.1, 0.15) is 11.9 Å². The molecule has 158 valence electrons.